The quantitative estimate of drug-likeness (QED) is 0.177. The van der Waals surface area contributed by atoms with Crippen LogP contribution in [0.5, 0.6) is 0 Å². The molecule has 4 aliphatic rings. The smallest absolute Gasteiger partial charge is 0.265 e. The number of carbonyl (C=O) groups excluding carboxylic acids is 2. The molecule has 0 heterocycles. The molecule has 5 unspecified atom stereocenters. The number of alkyl halides is 1. The Hall–Kier alpha value is -1.32. The molecule has 0 saturated heterocycles. The minimum absolute atomic E-state index is 0.0164. The number of halogens is 1. The third kappa shape index (κ3) is 3.37. The molecule has 0 amide bonds. The number of hydrogen-bond donors (Lipinski definition) is 1. The van der Waals surface area contributed by atoms with Crippen molar-refractivity contribution >= 4 is 56.4 Å². The fraction of sp³-hybridized carbons (Fsp3) is 0.586. The summed E-state index contributed by atoms with van der Waals surface area (Å²) in [6, 6.07) is 7.92. The average Bonchev–Trinajstić information content (AvgIpc) is 3.36. The molecule has 0 aliphatic heterocycles. The van der Waals surface area contributed by atoms with E-state index in [4.69, 9.17) is 0 Å². The predicted molar refractivity (Wildman–Crippen MR) is 150 cm³/mol. The molecule has 194 valence electrons. The number of rotatable bonds is 6. The van der Waals surface area contributed by atoms with Crippen LogP contribution >= 0.6 is 22.6 Å². The van der Waals surface area contributed by atoms with Gasteiger partial charge in [0.2, 0.25) is 0 Å². The van der Waals surface area contributed by atoms with Crippen molar-refractivity contribution in [1.29, 1.82) is 0 Å². The Labute approximate surface area is 228 Å². The molecule has 0 spiro atoms. The third-order valence-electron chi connectivity index (χ3n) is 10.7. The highest BCUT2D eigenvalue weighted by molar-refractivity contribution is 14.1. The van der Waals surface area contributed by atoms with Crippen LogP contribution in [-0.2, 0) is 19.7 Å². The molecule has 36 heavy (non-hydrogen) atoms. The van der Waals surface area contributed by atoms with Crippen LogP contribution in [0.2, 0.25) is 0 Å². The lowest BCUT2D eigenvalue weighted by Gasteiger charge is -2.37. The summed E-state index contributed by atoms with van der Waals surface area (Å²) in [5.41, 5.74) is 1.68. The molecule has 4 bridgehead atoms. The third-order valence-corrected chi connectivity index (χ3v) is 13.2. The van der Waals surface area contributed by atoms with Crippen molar-refractivity contribution in [1.82, 2.24) is 0 Å². The van der Waals surface area contributed by atoms with Gasteiger partial charge in [0.05, 0.1) is 11.2 Å². The maximum Gasteiger partial charge on any atom is 0.265 e. The van der Waals surface area contributed by atoms with E-state index in [0.29, 0.717) is 23.7 Å². The number of fused-ring (bicyclic) bond motifs is 4. The lowest BCUT2D eigenvalue weighted by atomic mass is 9.67. The Bertz CT molecular complexity index is 1310. The Morgan fingerprint density at radius 2 is 1.39 bits per heavy atom. The second-order valence-electron chi connectivity index (χ2n) is 12.2. The van der Waals surface area contributed by atoms with Crippen molar-refractivity contribution in [2.24, 2.45) is 33.5 Å². The van der Waals surface area contributed by atoms with E-state index in [1.807, 2.05) is 44.2 Å². The van der Waals surface area contributed by atoms with Gasteiger partial charge in [-0.05, 0) is 78.0 Å². The Balaban J connectivity index is 1.44. The minimum Gasteiger partial charge on any atom is -0.294 e. The van der Waals surface area contributed by atoms with Crippen LogP contribution in [0.1, 0.15) is 70.9 Å². The van der Waals surface area contributed by atoms with Crippen LogP contribution in [0.25, 0.3) is 12.2 Å². The van der Waals surface area contributed by atoms with Gasteiger partial charge in [0.1, 0.15) is 0 Å². The fourth-order valence-electron chi connectivity index (χ4n) is 8.40. The van der Waals surface area contributed by atoms with Gasteiger partial charge in [0.15, 0.2) is 11.6 Å². The average molecular weight is 623 g/mol. The van der Waals surface area contributed by atoms with E-state index in [1.165, 1.54) is 0 Å². The molecular weight excluding hydrogens is 587 g/mol. The first-order valence-corrected chi connectivity index (χ1v) is 16.0. The second kappa shape index (κ2) is 8.34. The van der Waals surface area contributed by atoms with E-state index < -0.39 is 26.7 Å². The summed E-state index contributed by atoms with van der Waals surface area (Å²) in [6.45, 7) is 8.33. The topological polar surface area (TPSA) is 88.5 Å². The molecule has 0 radical (unpaired) electrons. The van der Waals surface area contributed by atoms with Crippen LogP contribution in [-0.4, -0.2) is 34.7 Å². The van der Waals surface area contributed by atoms with Gasteiger partial charge in [-0.2, -0.15) is 8.42 Å². The molecule has 4 fully saturated rings. The maximum absolute atomic E-state index is 13.5. The fourth-order valence-corrected chi connectivity index (χ4v) is 10.9. The second-order valence-corrected chi connectivity index (χ2v) is 14.4. The van der Waals surface area contributed by atoms with E-state index in [0.717, 1.165) is 46.8 Å². The van der Waals surface area contributed by atoms with E-state index in [2.05, 4.69) is 42.5 Å². The lowest BCUT2D eigenvalue weighted by Crippen LogP contribution is -2.42. The highest BCUT2D eigenvalue weighted by atomic mass is 127. The Morgan fingerprint density at radius 3 is 1.86 bits per heavy atom. The molecule has 1 aromatic carbocycles. The first-order valence-electron chi connectivity index (χ1n) is 12.9. The SMILES string of the molecule is CCC12CCC(/C(=C/c3ccc(/C=C4\C(=O)C5(CS(=O)(=O)O)CCC4C5(C)C)cc3)C1=O)C2(C)CI. The number of allylic oxidation sites excluding steroid dienone is 2. The number of ketones is 2. The molecular formula is C29H35IO5S. The van der Waals surface area contributed by atoms with Crippen molar-refractivity contribution in [3.05, 3.63) is 46.5 Å². The molecule has 4 saturated carbocycles. The summed E-state index contributed by atoms with van der Waals surface area (Å²) < 4.78 is 34.1. The van der Waals surface area contributed by atoms with E-state index in [1.54, 1.807) is 0 Å². The number of hydrogen-bond acceptors (Lipinski definition) is 4. The van der Waals surface area contributed by atoms with Crippen molar-refractivity contribution in [2.75, 3.05) is 10.2 Å². The summed E-state index contributed by atoms with van der Waals surface area (Å²) in [7, 11) is -4.28. The largest absolute Gasteiger partial charge is 0.294 e. The van der Waals surface area contributed by atoms with Gasteiger partial charge < -0.3 is 0 Å². The summed E-state index contributed by atoms with van der Waals surface area (Å²) in [5.74, 6) is -0.0712. The van der Waals surface area contributed by atoms with Crippen LogP contribution in [0, 0.1) is 33.5 Å². The van der Waals surface area contributed by atoms with Gasteiger partial charge in [-0.1, -0.05) is 74.6 Å². The lowest BCUT2D eigenvalue weighted by molar-refractivity contribution is -0.126. The Morgan fingerprint density at radius 1 is 0.917 bits per heavy atom. The minimum atomic E-state index is -4.28. The van der Waals surface area contributed by atoms with Gasteiger partial charge in [-0.3, -0.25) is 14.1 Å². The highest BCUT2D eigenvalue weighted by Crippen LogP contribution is 2.68. The maximum atomic E-state index is 13.5. The zero-order chi connectivity index (χ0) is 26.3. The van der Waals surface area contributed by atoms with Crippen LogP contribution in [0.15, 0.2) is 35.4 Å². The summed E-state index contributed by atoms with van der Waals surface area (Å²) >= 11 is 2.45. The molecule has 5 rings (SSSR count). The molecule has 7 heteroatoms. The molecule has 1 N–H and O–H groups in total. The summed E-state index contributed by atoms with van der Waals surface area (Å²) in [6.07, 6.45) is 8.12. The number of Topliss-reactive ketones (excluding diaryl/α,β-unsaturated/α-hetero) is 2. The van der Waals surface area contributed by atoms with Crippen molar-refractivity contribution in [2.45, 2.75) is 59.8 Å². The monoisotopic (exact) mass is 622 g/mol. The standard InChI is InChI=1S/C29H35IO5S/c1-5-28-12-11-23(27(28,4)16-30)21(24(28)31)15-19-8-6-18(7-9-19)14-20-22-10-13-29(25(20)32,26(22,2)3)17-36(33,34)35/h6-9,14-15,22-23H,5,10-13,16-17H2,1-4H3,(H,33,34,35)/b20-14-,21-15-. The zero-order valence-electron chi connectivity index (χ0n) is 21.4. The van der Waals surface area contributed by atoms with Crippen molar-refractivity contribution < 1.29 is 22.6 Å². The molecule has 1 aromatic rings. The summed E-state index contributed by atoms with van der Waals surface area (Å²) in [5, 5.41) is 0. The van der Waals surface area contributed by atoms with E-state index in [-0.39, 0.29) is 22.5 Å². The van der Waals surface area contributed by atoms with Gasteiger partial charge >= 0.3 is 0 Å². The number of carbonyl (C=O) groups is 2. The number of benzene rings is 1. The molecule has 4 aliphatic carbocycles. The molecule has 5 atom stereocenters. The van der Waals surface area contributed by atoms with Gasteiger partial charge in [0.25, 0.3) is 10.1 Å². The normalized spacial score (nSPS) is 39.2. The van der Waals surface area contributed by atoms with Crippen LogP contribution < -0.4 is 0 Å². The van der Waals surface area contributed by atoms with Crippen LogP contribution in [0.4, 0.5) is 0 Å². The highest BCUT2D eigenvalue weighted by Gasteiger charge is 2.68. The van der Waals surface area contributed by atoms with Gasteiger partial charge in [0, 0.05) is 21.0 Å². The molecule has 5 nitrogen and oxygen atoms in total. The molecule has 0 aromatic heterocycles. The van der Waals surface area contributed by atoms with E-state index in [9.17, 15) is 22.6 Å². The first kappa shape index (κ1) is 26.3. The van der Waals surface area contributed by atoms with Gasteiger partial charge in [-0.15, -0.1) is 0 Å². The van der Waals surface area contributed by atoms with Gasteiger partial charge in [-0.25, -0.2) is 0 Å². The van der Waals surface area contributed by atoms with E-state index >= 15 is 0 Å². The summed E-state index contributed by atoms with van der Waals surface area (Å²) in [4.78, 5) is 27.0. The zero-order valence-corrected chi connectivity index (χ0v) is 24.4. The van der Waals surface area contributed by atoms with Crippen LogP contribution in [0.3, 0.4) is 0 Å². The van der Waals surface area contributed by atoms with Crippen molar-refractivity contribution in [3.8, 4) is 0 Å². The van der Waals surface area contributed by atoms with Crippen molar-refractivity contribution in [3.63, 3.8) is 0 Å². The first-order chi connectivity index (χ1) is 16.8. The Kier molecular flexibility index (Phi) is 6.09. The predicted octanol–water partition coefficient (Wildman–Crippen LogP) is 6.18.